The molecular formula is C16H19ClN2O5S2. The van der Waals surface area contributed by atoms with Crippen molar-refractivity contribution in [3.05, 3.63) is 15.6 Å². The zero-order chi connectivity index (χ0) is 19.3. The fourth-order valence-corrected chi connectivity index (χ4v) is 4.21. The third-order valence-corrected chi connectivity index (χ3v) is 5.38. The number of hydrogen-bond donors (Lipinski definition) is 0. The number of aromatic nitrogens is 2. The minimum absolute atomic E-state index is 0.0797. The van der Waals surface area contributed by atoms with Crippen molar-refractivity contribution >= 4 is 56.9 Å². The van der Waals surface area contributed by atoms with Crippen LogP contribution < -0.4 is 0 Å². The Bertz CT molecular complexity index is 810. The molecule has 142 valence electrons. The Morgan fingerprint density at radius 1 is 1.27 bits per heavy atom. The van der Waals surface area contributed by atoms with E-state index in [1.165, 1.54) is 18.4 Å². The van der Waals surface area contributed by atoms with E-state index < -0.39 is 5.97 Å². The Balaban J connectivity index is 2.19. The van der Waals surface area contributed by atoms with Gasteiger partial charge in [-0.15, -0.1) is 11.3 Å². The van der Waals surface area contributed by atoms with Crippen LogP contribution in [0.25, 0.3) is 10.2 Å². The van der Waals surface area contributed by atoms with Gasteiger partial charge >= 0.3 is 11.9 Å². The summed E-state index contributed by atoms with van der Waals surface area (Å²) >= 11 is 8.58. The van der Waals surface area contributed by atoms with Crippen molar-refractivity contribution in [3.8, 4) is 0 Å². The van der Waals surface area contributed by atoms with Crippen LogP contribution in [-0.2, 0) is 19.0 Å². The van der Waals surface area contributed by atoms with Crippen LogP contribution in [0.3, 0.4) is 0 Å². The third kappa shape index (κ3) is 5.29. The number of rotatable bonds is 8. The Hall–Kier alpha value is -1.42. The standard InChI is InChI=1S/C16H19ClN2O5S2/c1-8(2)24-10(20)7-25-16-18-13(17)11-9(3)12(26-14(11)19-16)15(21)23-6-5-22-4/h8H,5-7H2,1-4H3. The molecule has 0 amide bonds. The van der Waals surface area contributed by atoms with Gasteiger partial charge in [0.25, 0.3) is 0 Å². The Morgan fingerprint density at radius 3 is 2.65 bits per heavy atom. The van der Waals surface area contributed by atoms with Gasteiger partial charge in [-0.1, -0.05) is 23.4 Å². The summed E-state index contributed by atoms with van der Waals surface area (Å²) in [7, 11) is 1.53. The van der Waals surface area contributed by atoms with Gasteiger partial charge in [-0.2, -0.15) is 0 Å². The van der Waals surface area contributed by atoms with E-state index in [9.17, 15) is 9.59 Å². The fraction of sp³-hybridized carbons (Fsp3) is 0.500. The van der Waals surface area contributed by atoms with Crippen LogP contribution in [-0.4, -0.2) is 54.1 Å². The molecule has 0 atom stereocenters. The van der Waals surface area contributed by atoms with Crippen LogP contribution in [0.2, 0.25) is 5.15 Å². The van der Waals surface area contributed by atoms with Crippen molar-refractivity contribution in [2.75, 3.05) is 26.1 Å². The summed E-state index contributed by atoms with van der Waals surface area (Å²) in [5, 5.41) is 1.20. The van der Waals surface area contributed by atoms with Gasteiger partial charge in [-0.25, -0.2) is 14.8 Å². The van der Waals surface area contributed by atoms with Crippen molar-refractivity contribution in [2.24, 2.45) is 0 Å². The number of esters is 2. The molecule has 0 bridgehead atoms. The normalized spacial score (nSPS) is 11.2. The van der Waals surface area contributed by atoms with Gasteiger partial charge in [0.05, 0.1) is 23.8 Å². The second-order valence-electron chi connectivity index (χ2n) is 5.49. The highest BCUT2D eigenvalue weighted by Gasteiger charge is 2.21. The highest BCUT2D eigenvalue weighted by atomic mass is 35.5. The zero-order valence-electron chi connectivity index (χ0n) is 14.8. The van der Waals surface area contributed by atoms with E-state index in [0.717, 1.165) is 11.8 Å². The zero-order valence-corrected chi connectivity index (χ0v) is 17.2. The number of aryl methyl sites for hydroxylation is 1. The summed E-state index contributed by atoms with van der Waals surface area (Å²) in [5.41, 5.74) is 0.674. The second kappa shape index (κ2) is 9.50. The lowest BCUT2D eigenvalue weighted by atomic mass is 10.2. The number of halogens is 1. The van der Waals surface area contributed by atoms with E-state index in [4.69, 9.17) is 25.8 Å². The molecule has 2 rings (SSSR count). The molecule has 2 heterocycles. The highest BCUT2D eigenvalue weighted by Crippen LogP contribution is 2.35. The van der Waals surface area contributed by atoms with E-state index in [1.54, 1.807) is 20.8 Å². The molecule has 0 aliphatic heterocycles. The van der Waals surface area contributed by atoms with Crippen molar-refractivity contribution < 1.29 is 23.8 Å². The Kier molecular flexibility index (Phi) is 7.63. The summed E-state index contributed by atoms with van der Waals surface area (Å²) in [6.07, 6.45) is -0.179. The maximum Gasteiger partial charge on any atom is 0.348 e. The molecule has 0 N–H and O–H groups in total. The maximum atomic E-state index is 12.2. The predicted molar refractivity (Wildman–Crippen MR) is 101 cm³/mol. The van der Waals surface area contributed by atoms with E-state index in [2.05, 4.69) is 9.97 Å². The molecule has 0 fully saturated rings. The van der Waals surface area contributed by atoms with Crippen molar-refractivity contribution in [1.29, 1.82) is 0 Å². The third-order valence-electron chi connectivity index (χ3n) is 3.12. The second-order valence-corrected chi connectivity index (χ2v) is 7.79. The SMILES string of the molecule is COCCOC(=O)c1sc2nc(SCC(=O)OC(C)C)nc(Cl)c2c1C. The highest BCUT2D eigenvalue weighted by molar-refractivity contribution is 7.99. The van der Waals surface area contributed by atoms with Crippen LogP contribution in [0.1, 0.15) is 29.1 Å². The largest absolute Gasteiger partial charge is 0.462 e. The predicted octanol–water partition coefficient (Wildman–Crippen LogP) is 3.50. The number of carbonyl (C=O) groups is 2. The summed E-state index contributed by atoms with van der Waals surface area (Å²) in [6.45, 7) is 5.83. The Labute approximate surface area is 164 Å². The smallest absolute Gasteiger partial charge is 0.348 e. The molecule has 7 nitrogen and oxygen atoms in total. The topological polar surface area (TPSA) is 87.6 Å². The minimum atomic E-state index is -0.451. The fourth-order valence-electron chi connectivity index (χ4n) is 2.03. The molecule has 0 aliphatic rings. The van der Waals surface area contributed by atoms with Crippen LogP contribution in [0.4, 0.5) is 0 Å². The number of hydrogen-bond acceptors (Lipinski definition) is 9. The molecular weight excluding hydrogens is 400 g/mol. The molecule has 0 radical (unpaired) electrons. The number of carbonyl (C=O) groups excluding carboxylic acids is 2. The van der Waals surface area contributed by atoms with Gasteiger partial charge in [0.1, 0.15) is 21.5 Å². The van der Waals surface area contributed by atoms with Gasteiger partial charge in [0.2, 0.25) is 0 Å². The van der Waals surface area contributed by atoms with Crippen LogP contribution >= 0.6 is 34.7 Å². The monoisotopic (exact) mass is 418 g/mol. The van der Waals surface area contributed by atoms with Gasteiger partial charge in [-0.3, -0.25) is 4.79 Å². The van der Waals surface area contributed by atoms with Crippen molar-refractivity contribution in [1.82, 2.24) is 9.97 Å². The molecule has 10 heteroatoms. The number of thiophene rings is 1. The van der Waals surface area contributed by atoms with Gasteiger partial charge in [-0.05, 0) is 26.3 Å². The summed E-state index contributed by atoms with van der Waals surface area (Å²) < 4.78 is 15.1. The first-order chi connectivity index (χ1) is 12.3. The molecule has 0 saturated carbocycles. The quantitative estimate of drug-likeness (QED) is 0.211. The average molecular weight is 419 g/mol. The van der Waals surface area contributed by atoms with Gasteiger partial charge in [0, 0.05) is 7.11 Å². The maximum absolute atomic E-state index is 12.2. The van der Waals surface area contributed by atoms with E-state index in [0.29, 0.717) is 32.4 Å². The lowest BCUT2D eigenvalue weighted by Crippen LogP contribution is -2.13. The number of fused-ring (bicyclic) bond motifs is 1. The van der Waals surface area contributed by atoms with E-state index in [1.807, 2.05) is 0 Å². The molecule has 0 spiro atoms. The van der Waals surface area contributed by atoms with E-state index >= 15 is 0 Å². The average Bonchev–Trinajstić information content (AvgIpc) is 2.90. The first-order valence-electron chi connectivity index (χ1n) is 7.78. The number of methoxy groups -OCH3 is 1. The lowest BCUT2D eigenvalue weighted by Gasteiger charge is -2.07. The molecule has 0 aromatic carbocycles. The molecule has 0 aliphatic carbocycles. The molecule has 0 saturated heterocycles. The summed E-state index contributed by atoms with van der Waals surface area (Å²) in [6, 6.07) is 0. The van der Waals surface area contributed by atoms with Gasteiger partial charge in [0.15, 0.2) is 5.16 Å². The van der Waals surface area contributed by atoms with Crippen molar-refractivity contribution in [2.45, 2.75) is 32.0 Å². The first-order valence-corrected chi connectivity index (χ1v) is 9.96. The van der Waals surface area contributed by atoms with Crippen LogP contribution in [0.15, 0.2) is 5.16 Å². The Morgan fingerprint density at radius 2 is 2.00 bits per heavy atom. The van der Waals surface area contributed by atoms with E-state index in [-0.39, 0.29) is 29.6 Å². The number of nitrogens with zero attached hydrogens (tertiary/aromatic N) is 2. The molecule has 26 heavy (non-hydrogen) atoms. The number of thioether (sulfide) groups is 1. The summed E-state index contributed by atoms with van der Waals surface area (Å²) in [5.74, 6) is -0.723. The molecule has 0 unspecified atom stereocenters. The van der Waals surface area contributed by atoms with Crippen LogP contribution in [0, 0.1) is 6.92 Å². The summed E-state index contributed by atoms with van der Waals surface area (Å²) in [4.78, 5) is 33.4. The molecule has 2 aromatic rings. The van der Waals surface area contributed by atoms with Gasteiger partial charge < -0.3 is 14.2 Å². The van der Waals surface area contributed by atoms with Crippen molar-refractivity contribution in [3.63, 3.8) is 0 Å². The molecule has 2 aromatic heterocycles. The lowest BCUT2D eigenvalue weighted by molar-refractivity contribution is -0.144. The minimum Gasteiger partial charge on any atom is -0.462 e. The van der Waals surface area contributed by atoms with Crippen LogP contribution in [0.5, 0.6) is 0 Å². The number of ether oxygens (including phenoxy) is 3. The first kappa shape index (κ1) is 20.9.